The maximum Gasteiger partial charge on any atom is 0.273 e. The lowest BCUT2D eigenvalue weighted by molar-refractivity contribution is 0.0170. The van der Waals surface area contributed by atoms with Crippen LogP contribution >= 0.6 is 11.6 Å². The zero-order chi connectivity index (χ0) is 15.4. The van der Waals surface area contributed by atoms with Crippen LogP contribution in [0.4, 0.5) is 8.78 Å². The van der Waals surface area contributed by atoms with Crippen LogP contribution in [0.25, 0.3) is 0 Å². The van der Waals surface area contributed by atoms with E-state index in [0.717, 1.165) is 12.0 Å². The highest BCUT2D eigenvalue weighted by Gasteiger charge is 2.30. The van der Waals surface area contributed by atoms with Gasteiger partial charge in [0.2, 0.25) is 10.0 Å². The minimum Gasteiger partial charge on any atom is -0.325 e. The third-order valence-corrected chi connectivity index (χ3v) is 4.53. The van der Waals surface area contributed by atoms with Crippen LogP contribution in [-0.2, 0) is 16.4 Å². The molecule has 4 nitrogen and oxygen atoms in total. The first kappa shape index (κ1) is 17.3. The van der Waals surface area contributed by atoms with Gasteiger partial charge in [0.1, 0.15) is 4.90 Å². The molecule has 0 amide bonds. The van der Waals surface area contributed by atoms with Crippen LogP contribution in [0.15, 0.2) is 23.1 Å². The highest BCUT2D eigenvalue weighted by atomic mass is 35.5. The molecule has 0 bridgehead atoms. The van der Waals surface area contributed by atoms with E-state index in [0.29, 0.717) is 6.42 Å². The number of benzene rings is 1. The number of alkyl halides is 2. The molecule has 0 aliphatic carbocycles. The summed E-state index contributed by atoms with van der Waals surface area (Å²) in [4.78, 5) is -0.196. The maximum atomic E-state index is 13.0. The third kappa shape index (κ3) is 4.66. The summed E-state index contributed by atoms with van der Waals surface area (Å²) in [5.41, 5.74) is 5.64. The fourth-order valence-electron chi connectivity index (χ4n) is 1.55. The Morgan fingerprint density at radius 3 is 2.60 bits per heavy atom. The van der Waals surface area contributed by atoms with Gasteiger partial charge in [-0.1, -0.05) is 31.0 Å². The Labute approximate surface area is 122 Å². The summed E-state index contributed by atoms with van der Waals surface area (Å²) in [5.74, 6) is -3.29. The summed E-state index contributed by atoms with van der Waals surface area (Å²) in [6.45, 7) is -0.0396. The summed E-state index contributed by atoms with van der Waals surface area (Å²) in [6.07, 6.45) is 1.51. The molecular weight excluding hydrogens is 310 g/mol. The average molecular weight is 327 g/mol. The normalized spacial score (nSPS) is 12.7. The molecule has 0 aliphatic heterocycles. The molecule has 1 rings (SSSR count). The molecule has 20 heavy (non-hydrogen) atoms. The van der Waals surface area contributed by atoms with Crippen LogP contribution in [0.3, 0.4) is 0 Å². The Bertz CT molecular complexity index is 565. The smallest absolute Gasteiger partial charge is 0.273 e. The molecule has 0 heterocycles. The molecule has 0 fully saturated rings. The molecule has 1 aromatic carbocycles. The van der Waals surface area contributed by atoms with Gasteiger partial charge in [0.25, 0.3) is 5.92 Å². The van der Waals surface area contributed by atoms with Crippen LogP contribution < -0.4 is 10.5 Å². The number of halogens is 3. The molecule has 0 unspecified atom stereocenters. The van der Waals surface area contributed by atoms with Crippen molar-refractivity contribution >= 4 is 21.6 Å². The number of nitrogens with one attached hydrogen (secondary N) is 1. The quantitative estimate of drug-likeness (QED) is 0.806. The number of sulfonamides is 1. The molecule has 0 radical (unpaired) electrons. The molecule has 3 N–H and O–H groups in total. The standard InChI is InChI=1S/C12H17ClF2N2O2S/c1-2-3-9-4-5-10(13)11(6-9)20(18,19)17-8-12(14,15)7-16/h4-6,17H,2-3,7-8,16H2,1H3. The molecule has 1 aromatic rings. The minimum absolute atomic E-state index is 0.00609. The Morgan fingerprint density at radius 2 is 2.05 bits per heavy atom. The molecule has 8 heteroatoms. The van der Waals surface area contributed by atoms with Crippen LogP contribution in [-0.4, -0.2) is 27.4 Å². The monoisotopic (exact) mass is 326 g/mol. The van der Waals surface area contributed by atoms with Gasteiger partial charge >= 0.3 is 0 Å². The largest absolute Gasteiger partial charge is 0.325 e. The van der Waals surface area contributed by atoms with Gasteiger partial charge in [-0.15, -0.1) is 0 Å². The number of nitrogens with two attached hydrogens (primary N) is 1. The first-order chi connectivity index (χ1) is 9.22. The second-order valence-electron chi connectivity index (χ2n) is 4.40. The molecule has 0 atom stereocenters. The van der Waals surface area contributed by atoms with E-state index in [2.05, 4.69) is 0 Å². The maximum absolute atomic E-state index is 13.0. The highest BCUT2D eigenvalue weighted by Crippen LogP contribution is 2.23. The predicted octanol–water partition coefficient (Wildman–Crippen LogP) is 2.16. The molecule has 114 valence electrons. The fourth-order valence-corrected chi connectivity index (χ4v) is 3.16. The minimum atomic E-state index is -4.09. The Hall–Kier alpha value is -0.760. The summed E-state index contributed by atoms with van der Waals surface area (Å²) in [7, 11) is -4.09. The van der Waals surface area contributed by atoms with Gasteiger partial charge in [-0.3, -0.25) is 0 Å². The first-order valence-electron chi connectivity index (χ1n) is 6.08. The number of rotatable bonds is 7. The van der Waals surface area contributed by atoms with Gasteiger partial charge in [-0.25, -0.2) is 21.9 Å². The van der Waals surface area contributed by atoms with Crippen LogP contribution in [0.2, 0.25) is 5.02 Å². The van der Waals surface area contributed by atoms with Crippen LogP contribution in [0.5, 0.6) is 0 Å². The van der Waals surface area contributed by atoms with E-state index in [-0.39, 0.29) is 9.92 Å². The molecule has 0 aromatic heterocycles. The zero-order valence-corrected chi connectivity index (χ0v) is 12.6. The van der Waals surface area contributed by atoms with E-state index in [1.54, 1.807) is 6.07 Å². The summed E-state index contributed by atoms with van der Waals surface area (Å²) >= 11 is 5.83. The van der Waals surface area contributed by atoms with Crippen molar-refractivity contribution in [2.45, 2.75) is 30.6 Å². The van der Waals surface area contributed by atoms with Gasteiger partial charge in [0, 0.05) is 0 Å². The van der Waals surface area contributed by atoms with Gasteiger partial charge in [-0.2, -0.15) is 0 Å². The predicted molar refractivity (Wildman–Crippen MR) is 74.6 cm³/mol. The zero-order valence-electron chi connectivity index (χ0n) is 11.0. The summed E-state index contributed by atoms with van der Waals surface area (Å²) < 4.78 is 51.9. The molecular formula is C12H17ClF2N2O2S. The fraction of sp³-hybridized carbons (Fsp3) is 0.500. The van der Waals surface area contributed by atoms with Crippen molar-refractivity contribution < 1.29 is 17.2 Å². The Morgan fingerprint density at radius 1 is 1.40 bits per heavy atom. The van der Waals surface area contributed by atoms with Crippen LogP contribution in [0, 0.1) is 0 Å². The second-order valence-corrected chi connectivity index (χ2v) is 6.54. The van der Waals surface area contributed by atoms with E-state index in [1.807, 2.05) is 11.6 Å². The van der Waals surface area contributed by atoms with Gasteiger partial charge in [-0.05, 0) is 24.1 Å². The van der Waals surface area contributed by atoms with Crippen molar-refractivity contribution in [3.8, 4) is 0 Å². The van der Waals surface area contributed by atoms with Crippen molar-refractivity contribution in [3.05, 3.63) is 28.8 Å². The van der Waals surface area contributed by atoms with Gasteiger partial charge in [0.15, 0.2) is 0 Å². The van der Waals surface area contributed by atoms with Gasteiger partial charge in [0.05, 0.1) is 18.1 Å². The number of aryl methyl sites for hydroxylation is 1. The van der Waals surface area contributed by atoms with E-state index in [1.165, 1.54) is 12.1 Å². The highest BCUT2D eigenvalue weighted by molar-refractivity contribution is 7.89. The van der Waals surface area contributed by atoms with E-state index < -0.39 is 29.0 Å². The topological polar surface area (TPSA) is 72.2 Å². The van der Waals surface area contributed by atoms with Crippen molar-refractivity contribution in [3.63, 3.8) is 0 Å². The van der Waals surface area contributed by atoms with Gasteiger partial charge < -0.3 is 5.73 Å². The number of hydrogen-bond acceptors (Lipinski definition) is 3. The van der Waals surface area contributed by atoms with E-state index in [9.17, 15) is 17.2 Å². The number of hydrogen-bond donors (Lipinski definition) is 2. The Balaban J connectivity index is 3.00. The lowest BCUT2D eigenvalue weighted by Crippen LogP contribution is -2.41. The molecule has 0 saturated carbocycles. The van der Waals surface area contributed by atoms with Crippen molar-refractivity contribution in [2.75, 3.05) is 13.1 Å². The SMILES string of the molecule is CCCc1ccc(Cl)c(S(=O)(=O)NCC(F)(F)CN)c1. The summed E-state index contributed by atoms with van der Waals surface area (Å²) in [6, 6.07) is 4.55. The lowest BCUT2D eigenvalue weighted by atomic mass is 10.1. The lowest BCUT2D eigenvalue weighted by Gasteiger charge is -2.15. The second kappa shape index (κ2) is 6.80. The molecule has 0 saturated heterocycles. The molecule has 0 spiro atoms. The van der Waals surface area contributed by atoms with E-state index >= 15 is 0 Å². The molecule has 0 aliphatic rings. The third-order valence-electron chi connectivity index (χ3n) is 2.64. The van der Waals surface area contributed by atoms with Crippen molar-refractivity contribution in [1.82, 2.24) is 4.72 Å². The first-order valence-corrected chi connectivity index (χ1v) is 7.94. The summed E-state index contributed by atoms with van der Waals surface area (Å²) in [5, 5.41) is -0.00609. The average Bonchev–Trinajstić information content (AvgIpc) is 2.39. The van der Waals surface area contributed by atoms with Crippen molar-refractivity contribution in [2.24, 2.45) is 5.73 Å². The Kier molecular flexibility index (Phi) is 5.88. The van der Waals surface area contributed by atoms with E-state index in [4.69, 9.17) is 17.3 Å². The van der Waals surface area contributed by atoms with Crippen molar-refractivity contribution in [1.29, 1.82) is 0 Å². The van der Waals surface area contributed by atoms with Crippen LogP contribution in [0.1, 0.15) is 18.9 Å².